The van der Waals surface area contributed by atoms with E-state index in [-0.39, 0.29) is 0 Å². The highest BCUT2D eigenvalue weighted by Crippen LogP contribution is 2.37. The fraction of sp³-hybridized carbons (Fsp3) is 0.364. The Morgan fingerprint density at radius 3 is 2.71 bits per heavy atom. The Balaban J connectivity index is 3.21. The van der Waals surface area contributed by atoms with Crippen LogP contribution >= 0.6 is 15.9 Å². The molecule has 0 aliphatic carbocycles. The van der Waals surface area contributed by atoms with Crippen molar-refractivity contribution in [3.05, 3.63) is 22.2 Å². The monoisotopic (exact) mass is 303 g/mol. The van der Waals surface area contributed by atoms with Crippen LogP contribution in [0.25, 0.3) is 0 Å². The second-order valence-corrected chi connectivity index (χ2v) is 4.19. The summed E-state index contributed by atoms with van der Waals surface area (Å²) >= 11 is 3.31. The van der Waals surface area contributed by atoms with E-state index in [4.69, 9.17) is 9.47 Å². The molecule has 0 saturated carbocycles. The van der Waals surface area contributed by atoms with Crippen LogP contribution in [0.5, 0.6) is 11.5 Å². The first-order valence-corrected chi connectivity index (χ1v) is 5.84. The van der Waals surface area contributed by atoms with Gasteiger partial charge in [0.05, 0.1) is 18.2 Å². The number of carbonyl (C=O) groups excluding carboxylic acids is 1. The quantitative estimate of drug-likeness (QED) is 0.822. The normalized spacial score (nSPS) is 12.0. The summed E-state index contributed by atoms with van der Waals surface area (Å²) < 4.78 is 11.2. The molecule has 0 amide bonds. The summed E-state index contributed by atoms with van der Waals surface area (Å²) in [5.74, 6) is -0.224. The van der Waals surface area contributed by atoms with Crippen LogP contribution in [0.1, 0.15) is 18.5 Å². The summed E-state index contributed by atoms with van der Waals surface area (Å²) in [5, 5.41) is 10.8. The van der Waals surface area contributed by atoms with Gasteiger partial charge >= 0.3 is 0 Å². The Kier molecular flexibility index (Phi) is 4.77. The number of quaternary nitrogens is 1. The number of methoxy groups -OCH3 is 1. The molecule has 0 aromatic heterocycles. The van der Waals surface area contributed by atoms with Crippen LogP contribution in [0.3, 0.4) is 0 Å². The van der Waals surface area contributed by atoms with Crippen molar-refractivity contribution < 1.29 is 25.1 Å². The Morgan fingerprint density at radius 1 is 1.59 bits per heavy atom. The molecule has 0 fully saturated rings. The van der Waals surface area contributed by atoms with Crippen molar-refractivity contribution >= 4 is 21.9 Å². The Labute approximate surface area is 108 Å². The molecule has 94 valence electrons. The van der Waals surface area contributed by atoms with Crippen molar-refractivity contribution in [3.63, 3.8) is 0 Å². The molecule has 0 spiro atoms. The van der Waals surface area contributed by atoms with E-state index in [1.54, 1.807) is 12.1 Å². The van der Waals surface area contributed by atoms with E-state index in [1.807, 2.05) is 6.92 Å². The minimum atomic E-state index is -1.23. The van der Waals surface area contributed by atoms with E-state index in [9.17, 15) is 9.90 Å². The van der Waals surface area contributed by atoms with E-state index in [1.165, 1.54) is 7.11 Å². The molecule has 0 radical (unpaired) electrons. The SMILES string of the molecule is CCOc1c(Br)cc([C@@H]([NH3+])C(=O)[O-])cc1OC. The predicted molar refractivity (Wildman–Crippen MR) is 62.5 cm³/mol. The number of carboxylic acids is 1. The van der Waals surface area contributed by atoms with E-state index in [0.717, 1.165) is 0 Å². The van der Waals surface area contributed by atoms with Gasteiger partial charge in [0.1, 0.15) is 5.97 Å². The van der Waals surface area contributed by atoms with Crippen molar-refractivity contribution in [2.75, 3.05) is 13.7 Å². The lowest BCUT2D eigenvalue weighted by atomic mass is 10.1. The number of ether oxygens (including phenoxy) is 2. The molecule has 0 saturated heterocycles. The number of carbonyl (C=O) groups is 1. The van der Waals surface area contributed by atoms with E-state index in [0.29, 0.717) is 28.1 Å². The smallest absolute Gasteiger partial charge is 0.175 e. The van der Waals surface area contributed by atoms with Crippen molar-refractivity contribution in [2.45, 2.75) is 13.0 Å². The standard InChI is InChI=1S/C11H14BrNO4/c1-3-17-10-7(12)4-6(5-8(10)16-2)9(13)11(14)15/h4-5,9H,3,13H2,1-2H3,(H,14,15)/t9-/m1/s1. The van der Waals surface area contributed by atoms with Gasteiger partial charge in [-0.3, -0.25) is 0 Å². The van der Waals surface area contributed by atoms with Crippen LogP contribution in [-0.2, 0) is 4.79 Å². The van der Waals surface area contributed by atoms with Gasteiger partial charge in [-0.15, -0.1) is 0 Å². The lowest BCUT2D eigenvalue weighted by molar-refractivity contribution is -0.443. The van der Waals surface area contributed by atoms with Gasteiger partial charge in [0.15, 0.2) is 17.5 Å². The average molecular weight is 304 g/mol. The number of hydrogen-bond donors (Lipinski definition) is 1. The molecule has 5 nitrogen and oxygen atoms in total. The maximum absolute atomic E-state index is 10.8. The molecule has 0 unspecified atom stereocenters. The molecule has 0 aliphatic rings. The molecular formula is C11H14BrNO4. The first kappa shape index (κ1) is 13.8. The summed E-state index contributed by atoms with van der Waals surface area (Å²) in [6.07, 6.45) is 0. The zero-order valence-corrected chi connectivity index (χ0v) is 11.2. The van der Waals surface area contributed by atoms with Crippen LogP contribution in [0.15, 0.2) is 16.6 Å². The van der Waals surface area contributed by atoms with Crippen LogP contribution < -0.4 is 20.3 Å². The molecule has 1 aromatic carbocycles. The molecule has 17 heavy (non-hydrogen) atoms. The number of aliphatic carboxylic acids is 1. The van der Waals surface area contributed by atoms with Crippen molar-refractivity contribution in [3.8, 4) is 11.5 Å². The fourth-order valence-corrected chi connectivity index (χ4v) is 1.94. The Bertz CT molecular complexity index is 422. The van der Waals surface area contributed by atoms with E-state index < -0.39 is 12.0 Å². The summed E-state index contributed by atoms with van der Waals surface area (Å²) in [5.41, 5.74) is 4.02. The number of halogens is 1. The van der Waals surface area contributed by atoms with Crippen molar-refractivity contribution in [1.82, 2.24) is 0 Å². The molecule has 1 rings (SSSR count). The fourth-order valence-electron chi connectivity index (χ4n) is 1.36. The Morgan fingerprint density at radius 2 is 2.24 bits per heavy atom. The summed E-state index contributed by atoms with van der Waals surface area (Å²) in [6.45, 7) is 2.34. The van der Waals surface area contributed by atoms with Gasteiger partial charge in [-0.05, 0) is 35.0 Å². The maximum atomic E-state index is 10.8. The van der Waals surface area contributed by atoms with Gasteiger partial charge in [0.25, 0.3) is 0 Å². The molecule has 0 heterocycles. The largest absolute Gasteiger partial charge is 0.544 e. The second kappa shape index (κ2) is 5.88. The number of hydrogen-bond acceptors (Lipinski definition) is 4. The second-order valence-electron chi connectivity index (χ2n) is 3.34. The van der Waals surface area contributed by atoms with Crippen molar-refractivity contribution in [1.29, 1.82) is 0 Å². The first-order chi connectivity index (χ1) is 8.01. The molecular weight excluding hydrogens is 290 g/mol. The highest BCUT2D eigenvalue weighted by Gasteiger charge is 2.17. The minimum Gasteiger partial charge on any atom is -0.544 e. The van der Waals surface area contributed by atoms with Gasteiger partial charge < -0.3 is 25.1 Å². The zero-order chi connectivity index (χ0) is 13.0. The average Bonchev–Trinajstić information content (AvgIpc) is 2.30. The highest BCUT2D eigenvalue weighted by molar-refractivity contribution is 9.10. The summed E-state index contributed by atoms with van der Waals surface area (Å²) in [6, 6.07) is 2.28. The molecule has 6 heteroatoms. The minimum absolute atomic E-state index is 0.464. The van der Waals surface area contributed by atoms with Gasteiger partial charge in [-0.25, -0.2) is 0 Å². The lowest BCUT2D eigenvalue weighted by Crippen LogP contribution is -2.61. The number of carboxylic acid groups (broad SMARTS) is 1. The van der Waals surface area contributed by atoms with Gasteiger partial charge in [-0.1, -0.05) is 0 Å². The van der Waals surface area contributed by atoms with Gasteiger partial charge in [-0.2, -0.15) is 0 Å². The molecule has 0 bridgehead atoms. The first-order valence-electron chi connectivity index (χ1n) is 5.05. The van der Waals surface area contributed by atoms with E-state index >= 15 is 0 Å². The third-order valence-electron chi connectivity index (χ3n) is 2.23. The maximum Gasteiger partial charge on any atom is 0.175 e. The number of rotatable bonds is 5. The Hall–Kier alpha value is -1.27. The zero-order valence-electron chi connectivity index (χ0n) is 9.66. The van der Waals surface area contributed by atoms with Crippen molar-refractivity contribution in [2.24, 2.45) is 0 Å². The topological polar surface area (TPSA) is 86.2 Å². The van der Waals surface area contributed by atoms with Crippen LogP contribution in [0, 0.1) is 0 Å². The lowest BCUT2D eigenvalue weighted by Gasteiger charge is -2.15. The molecule has 1 atom stereocenters. The molecule has 3 N–H and O–H groups in total. The van der Waals surface area contributed by atoms with Gasteiger partial charge in [0, 0.05) is 5.56 Å². The molecule has 1 aromatic rings. The van der Waals surface area contributed by atoms with Gasteiger partial charge in [0.2, 0.25) is 0 Å². The van der Waals surface area contributed by atoms with E-state index in [2.05, 4.69) is 21.7 Å². The third kappa shape index (κ3) is 3.10. The van der Waals surface area contributed by atoms with Crippen LogP contribution in [0.4, 0.5) is 0 Å². The number of benzene rings is 1. The third-order valence-corrected chi connectivity index (χ3v) is 2.82. The summed E-state index contributed by atoms with van der Waals surface area (Å²) in [4.78, 5) is 10.8. The molecule has 0 aliphatic heterocycles. The highest BCUT2D eigenvalue weighted by atomic mass is 79.9. The van der Waals surface area contributed by atoms with Crippen LogP contribution in [-0.4, -0.2) is 19.7 Å². The van der Waals surface area contributed by atoms with Crippen LogP contribution in [0.2, 0.25) is 0 Å². The predicted octanol–water partition coefficient (Wildman–Crippen LogP) is -0.111. The summed E-state index contributed by atoms with van der Waals surface area (Å²) in [7, 11) is 1.49.